The lowest BCUT2D eigenvalue weighted by Crippen LogP contribution is -2.23. The lowest BCUT2D eigenvalue weighted by molar-refractivity contribution is 0.378. The van der Waals surface area contributed by atoms with E-state index in [1.807, 2.05) is 12.3 Å². The third-order valence-corrected chi connectivity index (χ3v) is 4.52. The Labute approximate surface area is 116 Å². The maximum Gasteiger partial charge on any atom is 0.151 e. The quantitative estimate of drug-likeness (QED) is 0.897. The summed E-state index contributed by atoms with van der Waals surface area (Å²) in [6.45, 7) is 7.06. The molecule has 3 rings (SSSR count). The van der Waals surface area contributed by atoms with Gasteiger partial charge in [0.2, 0.25) is 0 Å². The molecule has 1 unspecified atom stereocenters. The van der Waals surface area contributed by atoms with E-state index in [1.165, 1.54) is 37.8 Å². The Hall–Kier alpha value is -1.25. The molecule has 3 nitrogen and oxygen atoms in total. The highest BCUT2D eigenvalue weighted by Crippen LogP contribution is 2.39. The first-order valence-corrected chi connectivity index (χ1v) is 7.61. The van der Waals surface area contributed by atoms with Crippen LogP contribution in [0.3, 0.4) is 0 Å². The summed E-state index contributed by atoms with van der Waals surface area (Å²) < 4.78 is 0. The summed E-state index contributed by atoms with van der Waals surface area (Å²) in [7, 11) is 0. The van der Waals surface area contributed by atoms with Gasteiger partial charge in [0.1, 0.15) is 0 Å². The maximum absolute atomic E-state index is 4.60. The first-order valence-electron chi connectivity index (χ1n) is 7.61. The van der Waals surface area contributed by atoms with E-state index in [9.17, 15) is 0 Å². The van der Waals surface area contributed by atoms with Crippen molar-refractivity contribution in [2.45, 2.75) is 52.0 Å². The molecule has 1 saturated carbocycles. The van der Waals surface area contributed by atoms with Crippen LogP contribution in [-0.2, 0) is 0 Å². The minimum Gasteiger partial charge on any atom is -0.379 e. The predicted molar refractivity (Wildman–Crippen MR) is 80.7 cm³/mol. The highest BCUT2D eigenvalue weighted by atomic mass is 15.2. The van der Waals surface area contributed by atoms with Crippen molar-refractivity contribution in [2.75, 3.05) is 23.3 Å². The van der Waals surface area contributed by atoms with E-state index in [0.29, 0.717) is 11.5 Å². The highest BCUT2D eigenvalue weighted by molar-refractivity contribution is 5.66. The smallest absolute Gasteiger partial charge is 0.151 e. The van der Waals surface area contributed by atoms with Gasteiger partial charge in [0.15, 0.2) is 5.82 Å². The molecular weight excluding hydrogens is 234 g/mol. The van der Waals surface area contributed by atoms with Gasteiger partial charge in [-0.05, 0) is 49.7 Å². The molecule has 1 N–H and O–H groups in total. The summed E-state index contributed by atoms with van der Waals surface area (Å²) >= 11 is 0. The van der Waals surface area contributed by atoms with Crippen LogP contribution in [0.5, 0.6) is 0 Å². The molecule has 2 heterocycles. The van der Waals surface area contributed by atoms with Crippen LogP contribution in [-0.4, -0.2) is 24.1 Å². The molecule has 2 aliphatic rings. The van der Waals surface area contributed by atoms with Crippen LogP contribution in [0.2, 0.25) is 0 Å². The number of aromatic nitrogens is 1. The summed E-state index contributed by atoms with van der Waals surface area (Å²) in [6, 6.07) is 4.84. The largest absolute Gasteiger partial charge is 0.379 e. The van der Waals surface area contributed by atoms with Crippen molar-refractivity contribution < 1.29 is 0 Å². The van der Waals surface area contributed by atoms with Gasteiger partial charge >= 0.3 is 0 Å². The summed E-state index contributed by atoms with van der Waals surface area (Å²) in [5, 5.41) is 3.74. The average Bonchev–Trinajstić information content (AvgIpc) is 3.00. The first-order chi connectivity index (χ1) is 9.14. The summed E-state index contributed by atoms with van der Waals surface area (Å²) in [4.78, 5) is 7.02. The molecule has 19 heavy (non-hydrogen) atoms. The second kappa shape index (κ2) is 5.03. The van der Waals surface area contributed by atoms with Crippen LogP contribution in [0.15, 0.2) is 18.3 Å². The molecule has 1 aromatic rings. The number of anilines is 2. The van der Waals surface area contributed by atoms with E-state index in [2.05, 4.69) is 35.1 Å². The topological polar surface area (TPSA) is 28.2 Å². The van der Waals surface area contributed by atoms with Crippen LogP contribution < -0.4 is 10.2 Å². The fourth-order valence-electron chi connectivity index (χ4n) is 3.47. The van der Waals surface area contributed by atoms with Crippen LogP contribution >= 0.6 is 0 Å². The van der Waals surface area contributed by atoms with Crippen molar-refractivity contribution >= 4 is 11.5 Å². The predicted octanol–water partition coefficient (Wildman–Crippen LogP) is 3.67. The van der Waals surface area contributed by atoms with E-state index in [0.717, 1.165) is 18.9 Å². The molecule has 0 amide bonds. The Morgan fingerprint density at radius 3 is 2.79 bits per heavy atom. The van der Waals surface area contributed by atoms with Crippen LogP contribution in [0.1, 0.15) is 46.0 Å². The molecule has 1 aliphatic carbocycles. The van der Waals surface area contributed by atoms with Gasteiger partial charge in [-0.3, -0.25) is 0 Å². The van der Waals surface area contributed by atoms with Gasteiger partial charge in [0, 0.05) is 25.3 Å². The summed E-state index contributed by atoms with van der Waals surface area (Å²) in [6.07, 6.45) is 8.38. The summed E-state index contributed by atoms with van der Waals surface area (Å²) in [5.74, 6) is 1.16. The van der Waals surface area contributed by atoms with Crippen LogP contribution in [0.25, 0.3) is 0 Å². The fourth-order valence-corrected chi connectivity index (χ4v) is 3.47. The molecule has 0 radical (unpaired) electrons. The van der Waals surface area contributed by atoms with E-state index in [1.54, 1.807) is 0 Å². The third kappa shape index (κ3) is 2.85. The molecule has 3 heteroatoms. The maximum atomic E-state index is 4.60. The number of nitrogens with zero attached hydrogens (tertiary/aromatic N) is 2. The first kappa shape index (κ1) is 12.8. The van der Waals surface area contributed by atoms with Gasteiger partial charge in [-0.15, -0.1) is 0 Å². The molecule has 104 valence electrons. The fraction of sp³-hybridized carbons (Fsp3) is 0.688. The average molecular weight is 259 g/mol. The van der Waals surface area contributed by atoms with E-state index in [-0.39, 0.29) is 0 Å². The van der Waals surface area contributed by atoms with Crippen molar-refractivity contribution in [3.05, 3.63) is 18.3 Å². The van der Waals surface area contributed by atoms with Crippen molar-refractivity contribution in [2.24, 2.45) is 5.41 Å². The van der Waals surface area contributed by atoms with Crippen molar-refractivity contribution in [1.82, 2.24) is 4.98 Å². The number of nitrogens with one attached hydrogen (secondary N) is 1. The molecule has 1 aromatic heterocycles. The van der Waals surface area contributed by atoms with E-state index in [4.69, 9.17) is 0 Å². The van der Waals surface area contributed by atoms with Gasteiger partial charge in [0.05, 0.1) is 5.69 Å². The van der Waals surface area contributed by atoms with Gasteiger partial charge in [-0.2, -0.15) is 0 Å². The molecular formula is C16H25N3. The van der Waals surface area contributed by atoms with Crippen LogP contribution in [0, 0.1) is 5.41 Å². The van der Waals surface area contributed by atoms with E-state index < -0.39 is 0 Å². The minimum absolute atomic E-state index is 0.494. The third-order valence-electron chi connectivity index (χ3n) is 4.52. The molecule has 0 spiro atoms. The Morgan fingerprint density at radius 1 is 1.32 bits per heavy atom. The van der Waals surface area contributed by atoms with Gasteiger partial charge < -0.3 is 10.2 Å². The normalized spacial score (nSPS) is 25.8. The zero-order chi connectivity index (χ0) is 13.3. The van der Waals surface area contributed by atoms with Gasteiger partial charge in [-0.25, -0.2) is 4.98 Å². The zero-order valence-electron chi connectivity index (χ0n) is 12.2. The number of hydrogen-bond donors (Lipinski definition) is 1. The lowest BCUT2D eigenvalue weighted by atomic mass is 9.92. The minimum atomic E-state index is 0.494. The summed E-state index contributed by atoms with van der Waals surface area (Å²) in [5.41, 5.74) is 1.72. The Morgan fingerprint density at radius 2 is 2.11 bits per heavy atom. The van der Waals surface area contributed by atoms with Crippen molar-refractivity contribution in [3.63, 3.8) is 0 Å². The Bertz CT molecular complexity index is 435. The van der Waals surface area contributed by atoms with E-state index >= 15 is 0 Å². The number of hydrogen-bond acceptors (Lipinski definition) is 3. The monoisotopic (exact) mass is 259 g/mol. The van der Waals surface area contributed by atoms with Gasteiger partial charge in [0.25, 0.3) is 0 Å². The molecule has 1 aliphatic heterocycles. The zero-order valence-corrected chi connectivity index (χ0v) is 12.2. The second-order valence-corrected chi connectivity index (χ2v) is 6.82. The SMILES string of the molecule is CC1(C)CCC(Nc2cccnc2N2CCCC2)C1. The van der Waals surface area contributed by atoms with Crippen molar-refractivity contribution in [3.8, 4) is 0 Å². The van der Waals surface area contributed by atoms with Gasteiger partial charge in [-0.1, -0.05) is 13.8 Å². The van der Waals surface area contributed by atoms with Crippen LogP contribution in [0.4, 0.5) is 11.5 Å². The lowest BCUT2D eigenvalue weighted by Gasteiger charge is -2.23. The standard InChI is InChI=1S/C16H25N3/c1-16(2)8-7-13(12-16)18-14-6-5-9-17-15(14)19-10-3-4-11-19/h5-6,9,13,18H,3-4,7-8,10-12H2,1-2H3. The Balaban J connectivity index is 1.74. The molecule has 2 fully saturated rings. The number of rotatable bonds is 3. The van der Waals surface area contributed by atoms with Crippen molar-refractivity contribution in [1.29, 1.82) is 0 Å². The molecule has 1 saturated heterocycles. The molecule has 1 atom stereocenters. The Kier molecular flexibility index (Phi) is 3.38. The highest BCUT2D eigenvalue weighted by Gasteiger charge is 2.31. The molecule has 0 bridgehead atoms. The number of pyridine rings is 1. The molecule has 0 aromatic carbocycles. The second-order valence-electron chi connectivity index (χ2n) is 6.82.